The first kappa shape index (κ1) is 19.9. The maximum Gasteiger partial charge on any atom is 0.287 e. The summed E-state index contributed by atoms with van der Waals surface area (Å²) in [4.78, 5) is 9.70. The molecule has 0 saturated heterocycles. The van der Waals surface area contributed by atoms with E-state index in [1.165, 1.54) is 64.7 Å². The van der Waals surface area contributed by atoms with Crippen LogP contribution in [0.25, 0.3) is 33.3 Å². The molecule has 0 radical (unpaired) electrons. The Kier molecular flexibility index (Phi) is 5.05. The molecule has 2 aromatic heterocycles. The highest BCUT2D eigenvalue weighted by Gasteiger charge is 2.21. The van der Waals surface area contributed by atoms with Gasteiger partial charge in [-0.25, -0.2) is 4.57 Å². The van der Waals surface area contributed by atoms with E-state index in [4.69, 9.17) is 9.97 Å². The number of benzene rings is 2. The van der Waals surface area contributed by atoms with Crippen LogP contribution < -0.4 is 4.57 Å². The third-order valence-corrected chi connectivity index (χ3v) is 6.94. The molecule has 0 aliphatic heterocycles. The Morgan fingerprint density at radius 3 is 2.45 bits per heavy atom. The molecule has 1 aliphatic carbocycles. The zero-order valence-corrected chi connectivity index (χ0v) is 18.9. The summed E-state index contributed by atoms with van der Waals surface area (Å²) in [5.41, 5.74) is 11.0. The summed E-state index contributed by atoms with van der Waals surface area (Å²) in [6, 6.07) is 15.5. The lowest BCUT2D eigenvalue weighted by atomic mass is 9.94. The molecule has 0 N–H and O–H groups in total. The summed E-state index contributed by atoms with van der Waals surface area (Å²) >= 11 is 0. The van der Waals surface area contributed by atoms with Gasteiger partial charge in [0.05, 0.1) is 12.4 Å². The van der Waals surface area contributed by atoms with Crippen molar-refractivity contribution in [3.8, 4) is 22.4 Å². The highest BCUT2D eigenvalue weighted by atomic mass is 15.0. The molecule has 0 atom stereocenters. The number of para-hydroxylation sites is 1. The second-order valence-corrected chi connectivity index (χ2v) is 9.11. The quantitative estimate of drug-likeness (QED) is 0.369. The first-order valence-corrected chi connectivity index (χ1v) is 11.3. The normalized spacial score (nSPS) is 14.5. The van der Waals surface area contributed by atoms with Crippen molar-refractivity contribution in [3.63, 3.8) is 0 Å². The van der Waals surface area contributed by atoms with Crippen LogP contribution in [0.3, 0.4) is 0 Å². The average Bonchev–Trinajstić information content (AvgIpc) is 3.31. The van der Waals surface area contributed by atoms with Crippen molar-refractivity contribution in [1.82, 2.24) is 9.97 Å². The van der Waals surface area contributed by atoms with Gasteiger partial charge in [-0.2, -0.15) is 0 Å². The van der Waals surface area contributed by atoms with Gasteiger partial charge < -0.3 is 0 Å². The molecular formula is C28H30N3+. The highest BCUT2D eigenvalue weighted by Crippen LogP contribution is 2.36. The van der Waals surface area contributed by atoms with Gasteiger partial charge in [-0.1, -0.05) is 36.6 Å². The fraction of sp³-hybridized carbons (Fsp3) is 0.321. The van der Waals surface area contributed by atoms with E-state index in [1.54, 1.807) is 0 Å². The van der Waals surface area contributed by atoms with Gasteiger partial charge in [0.25, 0.3) is 6.33 Å². The smallest absolute Gasteiger partial charge is 0.260 e. The number of pyridine rings is 1. The van der Waals surface area contributed by atoms with Crippen molar-refractivity contribution >= 4 is 10.9 Å². The summed E-state index contributed by atoms with van der Waals surface area (Å²) in [7, 11) is 2.09. The van der Waals surface area contributed by atoms with Crippen LogP contribution in [0.2, 0.25) is 0 Å². The predicted molar refractivity (Wildman–Crippen MR) is 127 cm³/mol. The van der Waals surface area contributed by atoms with Crippen molar-refractivity contribution in [2.24, 2.45) is 7.05 Å². The molecule has 0 unspecified atom stereocenters. The van der Waals surface area contributed by atoms with Gasteiger partial charge in [0, 0.05) is 34.5 Å². The molecule has 1 fully saturated rings. The minimum atomic E-state index is 0.637. The zero-order chi connectivity index (χ0) is 21.5. The molecule has 31 heavy (non-hydrogen) atoms. The Balaban J connectivity index is 1.67. The Hall–Kier alpha value is -3.07. The van der Waals surface area contributed by atoms with Crippen LogP contribution in [-0.2, 0) is 7.05 Å². The number of fused-ring (bicyclic) bond motifs is 1. The topological polar surface area (TPSA) is 29.7 Å². The molecule has 5 rings (SSSR count). The number of aromatic nitrogens is 3. The fourth-order valence-corrected chi connectivity index (χ4v) is 5.15. The van der Waals surface area contributed by atoms with Crippen molar-refractivity contribution in [2.45, 2.75) is 52.4 Å². The molecule has 1 aliphatic rings. The van der Waals surface area contributed by atoms with E-state index < -0.39 is 0 Å². The Morgan fingerprint density at radius 2 is 1.71 bits per heavy atom. The Labute approximate surface area is 184 Å². The molecule has 1 saturated carbocycles. The van der Waals surface area contributed by atoms with Gasteiger partial charge in [-0.3, -0.25) is 4.98 Å². The predicted octanol–water partition coefficient (Wildman–Crippen LogP) is 6.37. The van der Waals surface area contributed by atoms with Gasteiger partial charge in [0.2, 0.25) is 0 Å². The van der Waals surface area contributed by atoms with Crippen LogP contribution in [0.15, 0.2) is 55.0 Å². The van der Waals surface area contributed by atoms with E-state index in [2.05, 4.69) is 74.9 Å². The Bertz CT molecular complexity index is 1270. The average molecular weight is 409 g/mol. The third kappa shape index (κ3) is 3.52. The lowest BCUT2D eigenvalue weighted by molar-refractivity contribution is -0.662. The number of hydrogen-bond donors (Lipinski definition) is 0. The van der Waals surface area contributed by atoms with Crippen LogP contribution in [0, 0.1) is 20.8 Å². The Morgan fingerprint density at radius 1 is 0.903 bits per heavy atom. The van der Waals surface area contributed by atoms with E-state index in [9.17, 15) is 0 Å². The van der Waals surface area contributed by atoms with Gasteiger partial charge in [-0.05, 0) is 74.0 Å². The number of nitrogens with zero attached hydrogens (tertiary/aromatic N) is 3. The van der Waals surface area contributed by atoms with Crippen LogP contribution >= 0.6 is 0 Å². The minimum absolute atomic E-state index is 0.637. The maximum atomic E-state index is 4.85. The van der Waals surface area contributed by atoms with Crippen LogP contribution in [0.1, 0.15) is 54.0 Å². The SMILES string of the molecule is Cc1cc(C)c(C)c(-c2c3cccc(-c4ccc(C5CCCC5)nc4)c3nc[n+]2C)c1. The summed E-state index contributed by atoms with van der Waals surface area (Å²) in [6.45, 7) is 6.58. The molecule has 2 aromatic carbocycles. The maximum absolute atomic E-state index is 4.85. The first-order valence-electron chi connectivity index (χ1n) is 11.3. The van der Waals surface area contributed by atoms with E-state index >= 15 is 0 Å². The molecule has 3 heteroatoms. The molecular weight excluding hydrogens is 378 g/mol. The zero-order valence-electron chi connectivity index (χ0n) is 18.9. The van der Waals surface area contributed by atoms with E-state index in [-0.39, 0.29) is 0 Å². The molecule has 2 heterocycles. The van der Waals surface area contributed by atoms with Crippen LogP contribution in [0.5, 0.6) is 0 Å². The number of aryl methyl sites for hydroxylation is 3. The number of hydrogen-bond acceptors (Lipinski definition) is 2. The molecule has 156 valence electrons. The third-order valence-electron chi connectivity index (χ3n) is 6.94. The lowest BCUT2D eigenvalue weighted by Gasteiger charge is -2.13. The standard InChI is InChI=1S/C28H30N3/c1-18-14-19(2)20(3)25(15-18)28-24-11-7-10-23(27(24)30-17-31(28)4)22-12-13-26(29-16-22)21-8-5-6-9-21/h7,10-17,21H,5-6,8-9H2,1-4H3/q+1. The highest BCUT2D eigenvalue weighted by molar-refractivity contribution is 5.99. The fourth-order valence-electron chi connectivity index (χ4n) is 5.15. The van der Waals surface area contributed by atoms with Gasteiger partial charge >= 0.3 is 0 Å². The summed E-state index contributed by atoms with van der Waals surface area (Å²) in [5.74, 6) is 0.637. The van der Waals surface area contributed by atoms with Crippen LogP contribution in [0.4, 0.5) is 0 Å². The molecule has 3 nitrogen and oxygen atoms in total. The van der Waals surface area contributed by atoms with E-state index in [1.807, 2.05) is 12.5 Å². The van der Waals surface area contributed by atoms with Crippen molar-refractivity contribution in [1.29, 1.82) is 0 Å². The largest absolute Gasteiger partial charge is 0.287 e. The van der Waals surface area contributed by atoms with Gasteiger partial charge in [0.1, 0.15) is 5.69 Å². The van der Waals surface area contributed by atoms with Crippen molar-refractivity contribution in [3.05, 3.63) is 77.4 Å². The molecule has 4 aromatic rings. The van der Waals surface area contributed by atoms with Crippen LogP contribution in [-0.4, -0.2) is 9.97 Å². The summed E-state index contributed by atoms with van der Waals surface area (Å²) in [6.07, 6.45) is 9.20. The lowest BCUT2D eigenvalue weighted by Crippen LogP contribution is -2.32. The van der Waals surface area contributed by atoms with Crippen molar-refractivity contribution < 1.29 is 4.57 Å². The monoisotopic (exact) mass is 408 g/mol. The summed E-state index contributed by atoms with van der Waals surface area (Å²) in [5, 5.41) is 1.18. The second-order valence-electron chi connectivity index (χ2n) is 9.11. The minimum Gasteiger partial charge on any atom is -0.260 e. The second kappa shape index (κ2) is 7.88. The van der Waals surface area contributed by atoms with Crippen molar-refractivity contribution in [2.75, 3.05) is 0 Å². The number of rotatable bonds is 3. The summed E-state index contributed by atoms with van der Waals surface area (Å²) < 4.78 is 2.15. The first-order chi connectivity index (χ1) is 15.0. The molecule has 0 amide bonds. The molecule has 0 bridgehead atoms. The van der Waals surface area contributed by atoms with E-state index in [0.29, 0.717) is 5.92 Å². The molecule has 0 spiro atoms. The van der Waals surface area contributed by atoms with Gasteiger partial charge in [-0.15, -0.1) is 0 Å². The van der Waals surface area contributed by atoms with Gasteiger partial charge in [0.15, 0.2) is 5.52 Å². The van der Waals surface area contributed by atoms with E-state index in [0.717, 1.165) is 16.6 Å².